The summed E-state index contributed by atoms with van der Waals surface area (Å²) in [5.74, 6) is 0. The Labute approximate surface area is 265 Å². The molecule has 0 amide bonds. The van der Waals surface area contributed by atoms with Crippen LogP contribution in [0.4, 0.5) is 0 Å². The predicted octanol–water partition coefficient (Wildman–Crippen LogP) is 10.5. The van der Waals surface area contributed by atoms with E-state index < -0.39 is 0 Å². The van der Waals surface area contributed by atoms with Crippen LogP contribution >= 0.6 is 0 Å². The van der Waals surface area contributed by atoms with E-state index in [2.05, 4.69) is 97.1 Å². The Hall–Kier alpha value is -6.26. The van der Waals surface area contributed by atoms with Gasteiger partial charge in [0.15, 0.2) is 0 Å². The van der Waals surface area contributed by atoms with Gasteiger partial charge in [-0.25, -0.2) is 19.9 Å². The highest BCUT2D eigenvalue weighted by atomic mass is 14.8. The minimum atomic E-state index is 0.850. The highest BCUT2D eigenvalue weighted by molar-refractivity contribution is 6.06. The first kappa shape index (κ1) is 26.2. The average molecular weight is 587 g/mol. The fourth-order valence-electron chi connectivity index (χ4n) is 6.34. The van der Waals surface area contributed by atoms with Gasteiger partial charge in [0.25, 0.3) is 0 Å². The number of rotatable bonds is 4. The molecule has 0 atom stereocenters. The third-order valence-corrected chi connectivity index (χ3v) is 8.62. The molecule has 0 N–H and O–H groups in total. The summed E-state index contributed by atoms with van der Waals surface area (Å²) < 4.78 is 0. The van der Waals surface area contributed by atoms with E-state index in [-0.39, 0.29) is 0 Å². The zero-order chi connectivity index (χ0) is 30.5. The van der Waals surface area contributed by atoms with Gasteiger partial charge in [0, 0.05) is 33.0 Å². The first-order valence-electron chi connectivity index (χ1n) is 15.4. The van der Waals surface area contributed by atoms with Crippen molar-refractivity contribution in [3.05, 3.63) is 158 Å². The van der Waals surface area contributed by atoms with Gasteiger partial charge in [-0.3, -0.25) is 0 Å². The van der Waals surface area contributed by atoms with Crippen molar-refractivity contribution in [2.75, 3.05) is 0 Å². The third-order valence-electron chi connectivity index (χ3n) is 8.62. The maximum absolute atomic E-state index is 5.28. The fraction of sp³-hybridized carbons (Fsp3) is 0. The summed E-state index contributed by atoms with van der Waals surface area (Å²) >= 11 is 0. The molecule has 0 aliphatic carbocycles. The summed E-state index contributed by atoms with van der Waals surface area (Å²) in [5.41, 5.74) is 11.2. The van der Waals surface area contributed by atoms with E-state index in [0.717, 1.165) is 88.6 Å². The monoisotopic (exact) mass is 586 g/mol. The molecule has 0 fully saturated rings. The minimum absolute atomic E-state index is 0.850. The Morgan fingerprint density at radius 2 is 0.848 bits per heavy atom. The molecule has 0 aliphatic rings. The van der Waals surface area contributed by atoms with Crippen molar-refractivity contribution in [2.45, 2.75) is 0 Å². The summed E-state index contributed by atoms with van der Waals surface area (Å²) in [5, 5.41) is 4.36. The van der Waals surface area contributed by atoms with Gasteiger partial charge in [-0.05, 0) is 47.2 Å². The van der Waals surface area contributed by atoms with Crippen molar-refractivity contribution in [1.29, 1.82) is 0 Å². The van der Waals surface area contributed by atoms with E-state index in [1.165, 1.54) is 0 Å². The Morgan fingerprint density at radius 3 is 1.52 bits per heavy atom. The zero-order valence-corrected chi connectivity index (χ0v) is 24.8. The van der Waals surface area contributed by atoms with E-state index in [4.69, 9.17) is 19.9 Å². The first-order chi connectivity index (χ1) is 22.8. The smallest absolute Gasteiger partial charge is 0.0979 e. The standard InChI is InChI=1S/C42H26N4/c1-3-11-27(12-4-1)35-23-21-29-19-20-30-22-24-36(44-40(30)39(29)43-35)32-25-31-15-7-8-16-33(31)34(26-32)42-41(28-13-5-2-6-14-28)45-37-17-9-10-18-38(37)46-42/h1-26H. The normalized spacial score (nSPS) is 11.5. The summed E-state index contributed by atoms with van der Waals surface area (Å²) in [6.45, 7) is 0. The molecule has 0 unspecified atom stereocenters. The van der Waals surface area contributed by atoms with Gasteiger partial charge >= 0.3 is 0 Å². The SMILES string of the molecule is c1ccc(-c2ccc3ccc4ccc(-c5cc(-c6nc7ccccc7nc6-c6ccccc6)c6ccccc6c5)nc4c3n2)cc1. The van der Waals surface area contributed by atoms with Crippen molar-refractivity contribution < 1.29 is 0 Å². The molecule has 4 heteroatoms. The second-order valence-electron chi connectivity index (χ2n) is 11.5. The average Bonchev–Trinajstić information content (AvgIpc) is 3.14. The zero-order valence-electron chi connectivity index (χ0n) is 24.8. The van der Waals surface area contributed by atoms with Crippen molar-refractivity contribution in [1.82, 2.24) is 19.9 Å². The summed E-state index contributed by atoms with van der Waals surface area (Å²) in [7, 11) is 0. The molecule has 0 aliphatic heterocycles. The molecule has 0 radical (unpaired) electrons. The molecule has 9 rings (SSSR count). The van der Waals surface area contributed by atoms with Crippen LogP contribution in [-0.4, -0.2) is 19.9 Å². The maximum Gasteiger partial charge on any atom is 0.0979 e. The van der Waals surface area contributed by atoms with Crippen molar-refractivity contribution in [3.63, 3.8) is 0 Å². The Morgan fingerprint density at radius 1 is 0.326 bits per heavy atom. The third kappa shape index (κ3) is 4.47. The Kier molecular flexibility index (Phi) is 6.10. The van der Waals surface area contributed by atoms with Gasteiger partial charge in [-0.15, -0.1) is 0 Å². The molecule has 4 nitrogen and oxygen atoms in total. The number of benzene rings is 6. The molecule has 0 saturated carbocycles. The molecular formula is C42H26N4. The van der Waals surface area contributed by atoms with Gasteiger partial charge in [0.1, 0.15) is 0 Å². The lowest BCUT2D eigenvalue weighted by Gasteiger charge is -2.15. The van der Waals surface area contributed by atoms with Crippen LogP contribution < -0.4 is 0 Å². The Bertz CT molecular complexity index is 2580. The second-order valence-corrected chi connectivity index (χ2v) is 11.5. The van der Waals surface area contributed by atoms with E-state index in [1.807, 2.05) is 60.7 Å². The fourth-order valence-corrected chi connectivity index (χ4v) is 6.34. The van der Waals surface area contributed by atoms with Crippen molar-refractivity contribution in [2.24, 2.45) is 0 Å². The Balaban J connectivity index is 1.29. The van der Waals surface area contributed by atoms with Crippen LogP contribution in [0, 0.1) is 0 Å². The van der Waals surface area contributed by atoms with Crippen molar-refractivity contribution in [3.8, 4) is 45.0 Å². The largest absolute Gasteiger partial charge is 0.245 e. The number of fused-ring (bicyclic) bond motifs is 5. The molecular weight excluding hydrogens is 560 g/mol. The van der Waals surface area contributed by atoms with Crippen LogP contribution in [0.15, 0.2) is 158 Å². The maximum atomic E-state index is 5.28. The summed E-state index contributed by atoms with van der Waals surface area (Å²) in [6.07, 6.45) is 0. The van der Waals surface area contributed by atoms with Crippen molar-refractivity contribution >= 4 is 43.6 Å². The number of hydrogen-bond acceptors (Lipinski definition) is 4. The van der Waals surface area contributed by atoms with E-state index in [9.17, 15) is 0 Å². The molecule has 3 heterocycles. The van der Waals surface area contributed by atoms with Crippen LogP contribution in [0.3, 0.4) is 0 Å². The lowest BCUT2D eigenvalue weighted by atomic mass is 9.94. The van der Waals surface area contributed by atoms with Crippen LogP contribution in [0.1, 0.15) is 0 Å². The predicted molar refractivity (Wildman–Crippen MR) is 189 cm³/mol. The van der Waals surface area contributed by atoms with Gasteiger partial charge in [-0.2, -0.15) is 0 Å². The number of aromatic nitrogens is 4. The van der Waals surface area contributed by atoms with Gasteiger partial charge < -0.3 is 0 Å². The number of nitrogens with zero attached hydrogens (tertiary/aromatic N) is 4. The molecule has 0 spiro atoms. The second kappa shape index (κ2) is 10.7. The first-order valence-corrected chi connectivity index (χ1v) is 15.4. The molecule has 6 aromatic carbocycles. The quantitative estimate of drug-likeness (QED) is 0.193. The molecule has 9 aromatic rings. The summed E-state index contributed by atoms with van der Waals surface area (Å²) in [4.78, 5) is 20.8. The van der Waals surface area contributed by atoms with Crippen LogP contribution in [0.25, 0.3) is 88.6 Å². The highest BCUT2D eigenvalue weighted by Crippen LogP contribution is 2.38. The number of para-hydroxylation sites is 2. The van der Waals surface area contributed by atoms with Gasteiger partial charge in [0.2, 0.25) is 0 Å². The van der Waals surface area contributed by atoms with Gasteiger partial charge in [0.05, 0.1) is 44.8 Å². The molecule has 0 saturated heterocycles. The van der Waals surface area contributed by atoms with Crippen LogP contribution in [-0.2, 0) is 0 Å². The highest BCUT2D eigenvalue weighted by Gasteiger charge is 2.18. The topological polar surface area (TPSA) is 51.6 Å². The molecule has 0 bridgehead atoms. The van der Waals surface area contributed by atoms with Crippen LogP contribution in [0.2, 0.25) is 0 Å². The minimum Gasteiger partial charge on any atom is -0.245 e. The van der Waals surface area contributed by atoms with Crippen LogP contribution in [0.5, 0.6) is 0 Å². The van der Waals surface area contributed by atoms with E-state index >= 15 is 0 Å². The molecule has 46 heavy (non-hydrogen) atoms. The lowest BCUT2D eigenvalue weighted by Crippen LogP contribution is -1.97. The van der Waals surface area contributed by atoms with E-state index in [0.29, 0.717) is 0 Å². The molecule has 214 valence electrons. The molecule has 3 aromatic heterocycles. The lowest BCUT2D eigenvalue weighted by molar-refractivity contribution is 1.30. The number of pyridine rings is 2. The number of hydrogen-bond donors (Lipinski definition) is 0. The summed E-state index contributed by atoms with van der Waals surface area (Å²) in [6, 6.07) is 54.3. The van der Waals surface area contributed by atoms with Gasteiger partial charge in [-0.1, -0.05) is 121 Å². The van der Waals surface area contributed by atoms with E-state index in [1.54, 1.807) is 0 Å².